The number of nitrogens with zero attached hydrogens (tertiary/aromatic N) is 4. The van der Waals surface area contributed by atoms with Gasteiger partial charge < -0.3 is 13.9 Å². The van der Waals surface area contributed by atoms with Crippen LogP contribution in [0.4, 0.5) is 0 Å². The maximum absolute atomic E-state index is 14.1. The van der Waals surface area contributed by atoms with Gasteiger partial charge in [0.15, 0.2) is 15.1 Å². The molecule has 9 nitrogen and oxygen atoms in total. The van der Waals surface area contributed by atoms with Gasteiger partial charge in [0.25, 0.3) is 5.56 Å². The average molecular weight is 734 g/mol. The second kappa shape index (κ2) is 13.1. The number of aryl methyl sites for hydroxylation is 1. The summed E-state index contributed by atoms with van der Waals surface area (Å²) in [7, 11) is 1.56. The summed E-state index contributed by atoms with van der Waals surface area (Å²) in [5.74, 6) is 0.491. The lowest BCUT2D eigenvalue weighted by Gasteiger charge is -2.27. The maximum atomic E-state index is 14.1. The number of rotatable bonds is 9. The molecule has 42 heavy (non-hydrogen) atoms. The molecule has 0 radical (unpaired) electrons. The fourth-order valence-electron chi connectivity index (χ4n) is 4.53. The lowest BCUT2D eigenvalue weighted by molar-refractivity contribution is -0.139. The summed E-state index contributed by atoms with van der Waals surface area (Å²) in [6, 6.07) is 8.31. The number of hydrogen-bond donors (Lipinski definition) is 0. The third-order valence-corrected chi connectivity index (χ3v) is 9.48. The molecule has 4 aromatic rings. The number of carbonyl (C=O) groups excluding carboxylic acids is 1. The highest BCUT2D eigenvalue weighted by molar-refractivity contribution is 9.10. The van der Waals surface area contributed by atoms with Crippen LogP contribution in [0.15, 0.2) is 81.2 Å². The summed E-state index contributed by atoms with van der Waals surface area (Å²) in [5, 5.41) is 1.11. The van der Waals surface area contributed by atoms with Crippen molar-refractivity contribution < 1.29 is 18.7 Å². The van der Waals surface area contributed by atoms with Crippen molar-refractivity contribution in [1.29, 1.82) is 0 Å². The van der Waals surface area contributed by atoms with Gasteiger partial charge in [0.2, 0.25) is 0 Å². The van der Waals surface area contributed by atoms with Crippen LogP contribution in [0.5, 0.6) is 5.75 Å². The minimum Gasteiger partial charge on any atom is -0.496 e. The summed E-state index contributed by atoms with van der Waals surface area (Å²) >= 11 is 9.59. The second-order valence-corrected chi connectivity index (χ2v) is 12.9. The van der Waals surface area contributed by atoms with Crippen molar-refractivity contribution in [3.8, 4) is 5.75 Å². The Morgan fingerprint density at radius 1 is 1.24 bits per heavy atom. The van der Waals surface area contributed by atoms with Gasteiger partial charge in [0.05, 0.1) is 34.0 Å². The molecule has 0 bridgehead atoms. The molecule has 3 aromatic heterocycles. The molecule has 218 valence electrons. The first-order valence-electron chi connectivity index (χ1n) is 13.1. The Kier molecular flexibility index (Phi) is 9.50. The van der Waals surface area contributed by atoms with E-state index in [9.17, 15) is 9.59 Å². The Morgan fingerprint density at radius 3 is 2.76 bits per heavy atom. The summed E-state index contributed by atoms with van der Waals surface area (Å²) in [6.07, 6.45) is 4.67. The van der Waals surface area contributed by atoms with E-state index in [0.717, 1.165) is 16.6 Å². The van der Waals surface area contributed by atoms with Crippen molar-refractivity contribution in [2.75, 3.05) is 13.7 Å². The minimum atomic E-state index is -0.802. The number of benzene rings is 1. The van der Waals surface area contributed by atoms with E-state index in [0.29, 0.717) is 58.8 Å². The molecule has 0 fully saturated rings. The Bertz CT molecular complexity index is 1880. The van der Waals surface area contributed by atoms with E-state index in [1.165, 1.54) is 23.1 Å². The third-order valence-electron chi connectivity index (χ3n) is 6.28. The number of halogens is 2. The number of ether oxygens (including phenoxy) is 2. The first-order valence-corrected chi connectivity index (χ1v) is 16.3. The fourth-order valence-corrected chi connectivity index (χ4v) is 7.22. The highest BCUT2D eigenvalue weighted by atomic mass is 79.9. The first kappa shape index (κ1) is 30.5. The van der Waals surface area contributed by atoms with E-state index in [2.05, 4.69) is 41.8 Å². The number of methoxy groups -OCH3 is 1. The van der Waals surface area contributed by atoms with Gasteiger partial charge in [-0.3, -0.25) is 9.36 Å². The van der Waals surface area contributed by atoms with Gasteiger partial charge in [-0.15, -0.1) is 0 Å². The number of thiazole rings is 1. The lowest BCUT2D eigenvalue weighted by Crippen LogP contribution is -2.40. The highest BCUT2D eigenvalue weighted by Crippen LogP contribution is 2.38. The van der Waals surface area contributed by atoms with Crippen molar-refractivity contribution in [2.45, 2.75) is 49.9 Å². The molecule has 0 saturated carbocycles. The number of furan rings is 1. The summed E-state index contributed by atoms with van der Waals surface area (Å²) in [4.78, 5) is 41.5. The predicted octanol–water partition coefficient (Wildman–Crippen LogP) is 5.95. The van der Waals surface area contributed by atoms with Gasteiger partial charge >= 0.3 is 5.97 Å². The molecule has 1 aliphatic rings. The number of fused-ring (bicyclic) bond motifs is 1. The van der Waals surface area contributed by atoms with Crippen LogP contribution in [-0.2, 0) is 9.53 Å². The molecular weight excluding hydrogens is 708 g/mol. The van der Waals surface area contributed by atoms with E-state index in [1.54, 1.807) is 43.0 Å². The molecule has 0 saturated heterocycles. The molecule has 4 heterocycles. The van der Waals surface area contributed by atoms with Crippen LogP contribution in [0.1, 0.15) is 49.7 Å². The van der Waals surface area contributed by atoms with E-state index in [4.69, 9.17) is 18.9 Å². The topological polar surface area (TPSA) is 109 Å². The monoisotopic (exact) mass is 732 g/mol. The van der Waals surface area contributed by atoms with Crippen molar-refractivity contribution in [1.82, 2.24) is 14.5 Å². The number of aromatic nitrogens is 3. The van der Waals surface area contributed by atoms with Crippen LogP contribution in [0.3, 0.4) is 0 Å². The number of hydrogen-bond acceptors (Lipinski definition) is 10. The molecule has 0 aliphatic carbocycles. The highest BCUT2D eigenvalue weighted by Gasteiger charge is 2.36. The molecule has 5 rings (SSSR count). The Labute approximate surface area is 266 Å². The van der Waals surface area contributed by atoms with Crippen LogP contribution in [0.2, 0.25) is 0 Å². The van der Waals surface area contributed by atoms with Gasteiger partial charge in [0.1, 0.15) is 17.6 Å². The van der Waals surface area contributed by atoms with Crippen molar-refractivity contribution in [3.05, 3.63) is 93.4 Å². The van der Waals surface area contributed by atoms with Gasteiger partial charge in [-0.25, -0.2) is 19.8 Å². The van der Waals surface area contributed by atoms with Gasteiger partial charge in [-0.05, 0) is 78.3 Å². The fraction of sp³-hybridized carbons (Fsp3) is 0.276. The van der Waals surface area contributed by atoms with E-state index in [-0.39, 0.29) is 12.2 Å². The molecule has 13 heteroatoms. The smallest absolute Gasteiger partial charge is 0.338 e. The molecule has 0 amide bonds. The van der Waals surface area contributed by atoms with Crippen molar-refractivity contribution in [2.24, 2.45) is 4.99 Å². The van der Waals surface area contributed by atoms with Gasteiger partial charge in [-0.2, -0.15) is 0 Å². The Hall–Kier alpha value is -3.00. The zero-order valence-corrected chi connectivity index (χ0v) is 27.9. The molecule has 1 aromatic carbocycles. The summed E-state index contributed by atoms with van der Waals surface area (Å²) in [5.41, 5.74) is 2.09. The van der Waals surface area contributed by atoms with Crippen LogP contribution in [-0.4, -0.2) is 34.2 Å². The molecule has 1 aliphatic heterocycles. The minimum absolute atomic E-state index is 0.190. The molecule has 0 unspecified atom stereocenters. The van der Waals surface area contributed by atoms with E-state index < -0.39 is 12.0 Å². The van der Waals surface area contributed by atoms with Crippen molar-refractivity contribution >= 4 is 67.0 Å². The average Bonchev–Trinajstić information content (AvgIpc) is 3.45. The zero-order chi connectivity index (χ0) is 30.0. The van der Waals surface area contributed by atoms with Crippen molar-refractivity contribution in [3.63, 3.8) is 0 Å². The van der Waals surface area contributed by atoms with Crippen LogP contribution in [0.25, 0.3) is 6.08 Å². The SMILES string of the molecule is CCCC1=C(C(=O)OCC)[C@@H](c2cc(Br)ccc2OC)n2c(s/c(=C\c3cc(Br)c(Sc4nccc(C)n4)o3)c2=O)=N1. The largest absolute Gasteiger partial charge is 0.496 e. The third kappa shape index (κ3) is 6.19. The van der Waals surface area contributed by atoms with Crippen LogP contribution >= 0.6 is 55.0 Å². The second-order valence-electron chi connectivity index (χ2n) is 9.17. The van der Waals surface area contributed by atoms with E-state index in [1.807, 2.05) is 32.0 Å². The molecule has 0 N–H and O–H groups in total. The molecular formula is C29H26Br2N4O5S2. The quantitative estimate of drug-likeness (QED) is 0.153. The summed E-state index contributed by atoms with van der Waals surface area (Å²) < 4.78 is 20.7. The predicted molar refractivity (Wildman–Crippen MR) is 168 cm³/mol. The zero-order valence-electron chi connectivity index (χ0n) is 23.1. The van der Waals surface area contributed by atoms with E-state index >= 15 is 0 Å². The van der Waals surface area contributed by atoms with Crippen LogP contribution < -0.4 is 19.6 Å². The maximum Gasteiger partial charge on any atom is 0.338 e. The molecule has 1 atom stereocenters. The Balaban J connectivity index is 1.68. The van der Waals surface area contributed by atoms with Crippen LogP contribution in [0, 0.1) is 6.92 Å². The first-order chi connectivity index (χ1) is 20.2. The standard InChI is InChI=1S/C29H26Br2N4O5S2/c1-5-7-20-23(26(37)39-6-2)24(18-12-16(30)8-9-21(18)38-4)35-25(36)22(41-29(35)34-20)14-17-13-19(31)27(40-17)42-28-32-11-10-15(3)33-28/h8-14,24H,5-7H2,1-4H3/b22-14-/t24-/m1/s1. The number of esters is 1. The normalized spacial score (nSPS) is 15.0. The number of allylic oxidation sites excluding steroid dienone is 1. The number of carbonyl (C=O) groups is 1. The summed E-state index contributed by atoms with van der Waals surface area (Å²) in [6.45, 7) is 5.85. The molecule has 0 spiro atoms. The van der Waals surface area contributed by atoms with Gasteiger partial charge in [0, 0.05) is 28.0 Å². The lowest BCUT2D eigenvalue weighted by atomic mass is 9.93. The van der Waals surface area contributed by atoms with Gasteiger partial charge in [-0.1, -0.05) is 40.6 Å². The Morgan fingerprint density at radius 2 is 2.05 bits per heavy atom.